The second-order valence-electron chi connectivity index (χ2n) is 6.32. The summed E-state index contributed by atoms with van der Waals surface area (Å²) in [6.07, 6.45) is 5.08. The highest BCUT2D eigenvalue weighted by molar-refractivity contribution is 7.89. The smallest absolute Gasteiger partial charge is 0.256 e. The number of nitrogens with zero attached hydrogens (tertiary/aromatic N) is 2. The number of terminal acetylenes is 1. The van der Waals surface area contributed by atoms with Gasteiger partial charge in [-0.05, 0) is 36.8 Å². The fourth-order valence-electron chi connectivity index (χ4n) is 2.72. The zero-order valence-electron chi connectivity index (χ0n) is 15.8. The van der Waals surface area contributed by atoms with Gasteiger partial charge in [0.25, 0.3) is 5.91 Å². The van der Waals surface area contributed by atoms with Crippen molar-refractivity contribution in [2.75, 3.05) is 11.9 Å². The summed E-state index contributed by atoms with van der Waals surface area (Å²) in [4.78, 5) is 12.7. The third-order valence-corrected chi connectivity index (χ3v) is 5.53. The third kappa shape index (κ3) is 5.10. The van der Waals surface area contributed by atoms with E-state index < -0.39 is 10.0 Å². The molecule has 29 heavy (non-hydrogen) atoms. The lowest BCUT2D eigenvalue weighted by Crippen LogP contribution is -2.24. The SMILES string of the molecule is C#CCNS(=O)(=O)c1ccc(C(=O)Nc2cc(C)nn2Cc2ccccc2)cc1. The van der Waals surface area contributed by atoms with Crippen LogP contribution < -0.4 is 10.0 Å². The van der Waals surface area contributed by atoms with Gasteiger partial charge in [-0.15, -0.1) is 6.42 Å². The van der Waals surface area contributed by atoms with Crippen molar-refractivity contribution < 1.29 is 13.2 Å². The first-order valence-electron chi connectivity index (χ1n) is 8.82. The Hall–Kier alpha value is -3.41. The maximum Gasteiger partial charge on any atom is 0.256 e. The van der Waals surface area contributed by atoms with Crippen molar-refractivity contribution in [1.82, 2.24) is 14.5 Å². The minimum absolute atomic E-state index is 0.0364. The first-order chi connectivity index (χ1) is 13.9. The highest BCUT2D eigenvalue weighted by atomic mass is 32.2. The number of amides is 1. The fourth-order valence-corrected chi connectivity index (χ4v) is 3.65. The topological polar surface area (TPSA) is 93.1 Å². The number of carbonyl (C=O) groups excluding carboxylic acids is 1. The number of benzene rings is 2. The fraction of sp³-hybridized carbons (Fsp3) is 0.143. The molecule has 3 rings (SSSR count). The molecule has 3 aromatic rings. The Kier molecular flexibility index (Phi) is 6.12. The second-order valence-corrected chi connectivity index (χ2v) is 8.09. The summed E-state index contributed by atoms with van der Waals surface area (Å²) in [7, 11) is -3.70. The molecule has 0 atom stereocenters. The minimum Gasteiger partial charge on any atom is -0.307 e. The van der Waals surface area contributed by atoms with Gasteiger partial charge in [0.15, 0.2) is 0 Å². The van der Waals surface area contributed by atoms with Crippen molar-refractivity contribution in [3.05, 3.63) is 77.5 Å². The lowest BCUT2D eigenvalue weighted by atomic mass is 10.2. The molecule has 0 unspecified atom stereocenters. The summed E-state index contributed by atoms with van der Waals surface area (Å²) in [5.74, 6) is 2.41. The molecular formula is C21H20N4O3S. The maximum absolute atomic E-state index is 12.6. The van der Waals surface area contributed by atoms with Crippen LogP contribution >= 0.6 is 0 Å². The van der Waals surface area contributed by atoms with Crippen LogP contribution in [0.25, 0.3) is 0 Å². The Balaban J connectivity index is 1.75. The Bertz CT molecular complexity index is 1140. The Labute approximate surface area is 169 Å². The second kappa shape index (κ2) is 8.73. The van der Waals surface area contributed by atoms with Crippen LogP contribution in [-0.2, 0) is 16.6 Å². The largest absolute Gasteiger partial charge is 0.307 e. The van der Waals surface area contributed by atoms with Gasteiger partial charge in [0, 0.05) is 11.6 Å². The normalized spacial score (nSPS) is 11.0. The van der Waals surface area contributed by atoms with E-state index >= 15 is 0 Å². The molecule has 0 aliphatic rings. The van der Waals surface area contributed by atoms with Gasteiger partial charge in [-0.3, -0.25) is 4.79 Å². The number of anilines is 1. The molecular weight excluding hydrogens is 388 g/mol. The van der Waals surface area contributed by atoms with Crippen molar-refractivity contribution in [1.29, 1.82) is 0 Å². The lowest BCUT2D eigenvalue weighted by Gasteiger charge is -2.10. The number of rotatable bonds is 7. The first kappa shape index (κ1) is 20.3. The molecule has 8 heteroatoms. The molecule has 0 fully saturated rings. The molecule has 7 nitrogen and oxygen atoms in total. The summed E-state index contributed by atoms with van der Waals surface area (Å²) in [6.45, 7) is 2.26. The van der Waals surface area contributed by atoms with E-state index in [-0.39, 0.29) is 17.3 Å². The summed E-state index contributed by atoms with van der Waals surface area (Å²) >= 11 is 0. The average molecular weight is 408 g/mol. The summed E-state index contributed by atoms with van der Waals surface area (Å²) in [6, 6.07) is 17.2. The highest BCUT2D eigenvalue weighted by Crippen LogP contribution is 2.16. The van der Waals surface area contributed by atoms with Crippen molar-refractivity contribution >= 4 is 21.7 Å². The average Bonchev–Trinajstić information content (AvgIpc) is 3.05. The molecule has 1 aromatic heterocycles. The number of hydrogen-bond acceptors (Lipinski definition) is 4. The van der Waals surface area contributed by atoms with E-state index in [1.165, 1.54) is 24.3 Å². The molecule has 0 radical (unpaired) electrons. The van der Waals surface area contributed by atoms with Gasteiger partial charge in [-0.1, -0.05) is 36.3 Å². The predicted octanol–water partition coefficient (Wildman–Crippen LogP) is 2.40. The van der Waals surface area contributed by atoms with Gasteiger partial charge in [-0.25, -0.2) is 13.1 Å². The Morgan fingerprint density at radius 3 is 2.48 bits per heavy atom. The van der Waals surface area contributed by atoms with Crippen LogP contribution in [0.2, 0.25) is 0 Å². The Morgan fingerprint density at radius 2 is 1.83 bits per heavy atom. The maximum atomic E-state index is 12.6. The van der Waals surface area contributed by atoms with Gasteiger partial charge < -0.3 is 5.32 Å². The van der Waals surface area contributed by atoms with E-state index in [9.17, 15) is 13.2 Å². The van der Waals surface area contributed by atoms with Crippen molar-refractivity contribution in [2.24, 2.45) is 0 Å². The van der Waals surface area contributed by atoms with Gasteiger partial charge in [0.1, 0.15) is 5.82 Å². The van der Waals surface area contributed by atoms with Crippen LogP contribution in [0.4, 0.5) is 5.82 Å². The molecule has 1 amide bonds. The van der Waals surface area contributed by atoms with Gasteiger partial charge >= 0.3 is 0 Å². The van der Waals surface area contributed by atoms with Gasteiger partial charge in [-0.2, -0.15) is 9.82 Å². The lowest BCUT2D eigenvalue weighted by molar-refractivity contribution is 0.102. The number of carbonyl (C=O) groups is 1. The molecule has 0 aliphatic heterocycles. The number of nitrogens with one attached hydrogen (secondary N) is 2. The minimum atomic E-state index is -3.70. The van der Waals surface area contributed by atoms with Crippen LogP contribution in [0.15, 0.2) is 65.6 Å². The first-order valence-corrected chi connectivity index (χ1v) is 10.3. The molecule has 2 aromatic carbocycles. The molecule has 0 saturated heterocycles. The number of aromatic nitrogens is 2. The van der Waals surface area contributed by atoms with E-state index in [0.717, 1.165) is 11.3 Å². The highest BCUT2D eigenvalue weighted by Gasteiger charge is 2.15. The predicted molar refractivity (Wildman–Crippen MR) is 111 cm³/mol. The van der Waals surface area contributed by atoms with E-state index in [4.69, 9.17) is 6.42 Å². The van der Waals surface area contributed by atoms with Crippen LogP contribution in [0.3, 0.4) is 0 Å². The molecule has 2 N–H and O–H groups in total. The van der Waals surface area contributed by atoms with Crippen molar-refractivity contribution in [3.63, 3.8) is 0 Å². The standard InChI is InChI=1S/C21H20N4O3S/c1-3-13-22-29(27,28)19-11-9-18(10-12-19)21(26)23-20-14-16(2)24-25(20)15-17-7-5-4-6-8-17/h1,4-12,14,22H,13,15H2,2H3,(H,23,26). The summed E-state index contributed by atoms with van der Waals surface area (Å²) < 4.78 is 28.1. The van der Waals surface area contributed by atoms with Crippen LogP contribution in [-0.4, -0.2) is 30.7 Å². The van der Waals surface area contributed by atoms with E-state index in [2.05, 4.69) is 21.1 Å². The van der Waals surface area contributed by atoms with Crippen LogP contribution in [0, 0.1) is 19.3 Å². The third-order valence-electron chi connectivity index (χ3n) is 4.11. The quantitative estimate of drug-likeness (QED) is 0.587. The Morgan fingerprint density at radius 1 is 1.14 bits per heavy atom. The summed E-state index contributed by atoms with van der Waals surface area (Å²) in [5, 5.41) is 7.26. The van der Waals surface area contributed by atoms with Crippen molar-refractivity contribution in [3.8, 4) is 12.3 Å². The zero-order valence-corrected chi connectivity index (χ0v) is 16.6. The molecule has 0 bridgehead atoms. The molecule has 148 valence electrons. The van der Waals surface area contributed by atoms with Crippen LogP contribution in [0.1, 0.15) is 21.6 Å². The number of hydrogen-bond donors (Lipinski definition) is 2. The number of aryl methyl sites for hydroxylation is 1. The summed E-state index contributed by atoms with van der Waals surface area (Å²) in [5.41, 5.74) is 2.16. The van der Waals surface area contributed by atoms with E-state index in [1.807, 2.05) is 37.3 Å². The van der Waals surface area contributed by atoms with Crippen molar-refractivity contribution in [2.45, 2.75) is 18.4 Å². The van der Waals surface area contributed by atoms with E-state index in [1.54, 1.807) is 10.7 Å². The molecule has 1 heterocycles. The molecule has 0 aliphatic carbocycles. The number of sulfonamides is 1. The molecule has 0 saturated carbocycles. The zero-order chi connectivity index (χ0) is 20.9. The van der Waals surface area contributed by atoms with E-state index in [0.29, 0.717) is 17.9 Å². The van der Waals surface area contributed by atoms with Crippen LogP contribution in [0.5, 0.6) is 0 Å². The monoisotopic (exact) mass is 408 g/mol. The van der Waals surface area contributed by atoms with Gasteiger partial charge in [0.2, 0.25) is 10.0 Å². The molecule has 0 spiro atoms. The van der Waals surface area contributed by atoms with Gasteiger partial charge in [0.05, 0.1) is 23.7 Å².